The summed E-state index contributed by atoms with van der Waals surface area (Å²) < 4.78 is 50.2. The van der Waals surface area contributed by atoms with Crippen molar-refractivity contribution in [3.63, 3.8) is 0 Å². The Bertz CT molecular complexity index is 3820. The first-order valence-corrected chi connectivity index (χ1v) is 25.8. The van der Waals surface area contributed by atoms with E-state index in [0.29, 0.717) is 28.5 Å². The molecule has 0 saturated carbocycles. The molecule has 12 aromatic rings. The second-order valence-corrected chi connectivity index (χ2v) is 20.2. The van der Waals surface area contributed by atoms with E-state index in [-0.39, 0.29) is 22.8 Å². The Morgan fingerprint density at radius 1 is 0.338 bits per heavy atom. The van der Waals surface area contributed by atoms with Crippen molar-refractivity contribution in [2.24, 2.45) is 0 Å². The Balaban J connectivity index is 1.26. The topological polar surface area (TPSA) is 56.5 Å². The van der Waals surface area contributed by atoms with Crippen molar-refractivity contribution >= 4 is 21.8 Å². The maximum Gasteiger partial charge on any atom is 0.416 e. The molecule has 0 amide bonds. The molecule has 9 aromatic carbocycles. The van der Waals surface area contributed by atoms with Gasteiger partial charge in [0.1, 0.15) is 0 Å². The summed E-state index contributed by atoms with van der Waals surface area (Å²) in [5.74, 6) is 0.213. The molecule has 3 aromatic heterocycles. The van der Waals surface area contributed by atoms with Crippen LogP contribution in [0.15, 0.2) is 206 Å². The fraction of sp³-hybridized carbons (Fsp3) is 0.101. The summed E-state index contributed by atoms with van der Waals surface area (Å²) in [4.78, 5) is 21.0. The van der Waals surface area contributed by atoms with Crippen molar-refractivity contribution in [3.8, 4) is 95.7 Å². The third-order valence-electron chi connectivity index (χ3n) is 14.6. The highest BCUT2D eigenvalue weighted by Crippen LogP contribution is 2.47. The third-order valence-corrected chi connectivity index (χ3v) is 14.6. The molecule has 0 aliphatic heterocycles. The molecule has 5 nitrogen and oxygen atoms in total. The standard InChI is InChI=1S/C69H52F3N5/c1-41-31-43(3)64(44(4)32-41)51-27-29-62-54(35-51)55-36-52(65-45(5)33-42(2)34-46(65)6)28-30-63(55)77(62)66-56(67-73-58(47-19-11-7-12-20-47)39-59(74-67)48-21-13-8-14-22-48)37-53(69(70,71)72)38-57(66)68-75-60(49-23-15-9-16-24-49)40-61(76-68)50-25-17-10-18-26-50/h7-40H,1-6H3. The van der Waals surface area contributed by atoms with Gasteiger partial charge in [-0.3, -0.25) is 0 Å². The summed E-state index contributed by atoms with van der Waals surface area (Å²) in [7, 11) is 0. The number of rotatable bonds is 9. The molecular weight excluding hydrogens is 956 g/mol. The van der Waals surface area contributed by atoms with Gasteiger partial charge < -0.3 is 4.57 Å². The monoisotopic (exact) mass is 1010 g/mol. The van der Waals surface area contributed by atoms with E-state index in [1.165, 1.54) is 23.3 Å². The first-order valence-electron chi connectivity index (χ1n) is 25.8. The summed E-state index contributed by atoms with van der Waals surface area (Å²) in [5, 5.41) is 1.84. The Kier molecular flexibility index (Phi) is 12.3. The fourth-order valence-corrected chi connectivity index (χ4v) is 11.4. The molecule has 0 aliphatic rings. The molecule has 0 radical (unpaired) electrons. The van der Waals surface area contributed by atoms with Gasteiger partial charge in [-0.05, 0) is 135 Å². The Morgan fingerprint density at radius 3 is 0.948 bits per heavy atom. The SMILES string of the molecule is Cc1cc(C)c(-c2ccc3c(c2)c2cc(-c4c(C)cc(C)cc4C)ccc2n3-c2c(-c3nc(-c4ccccc4)cc(-c4ccccc4)n3)cc(C(F)(F)F)cc2-c2nc(-c3ccccc3)cc(-c3ccccc3)n2)c(C)c1. The van der Waals surface area contributed by atoms with Crippen LogP contribution in [-0.4, -0.2) is 24.5 Å². The number of halogens is 3. The molecule has 374 valence electrons. The molecule has 0 fully saturated rings. The number of aryl methyl sites for hydroxylation is 6. The largest absolute Gasteiger partial charge is 0.416 e. The van der Waals surface area contributed by atoms with Gasteiger partial charge in [0, 0.05) is 44.2 Å². The van der Waals surface area contributed by atoms with E-state index in [9.17, 15) is 0 Å². The molecule has 8 heteroatoms. The maximum atomic E-state index is 16.0. The predicted octanol–water partition coefficient (Wildman–Crippen LogP) is 18.6. The second kappa shape index (κ2) is 19.5. The minimum absolute atomic E-state index is 0.107. The van der Waals surface area contributed by atoms with Crippen LogP contribution in [-0.2, 0) is 6.18 Å². The van der Waals surface area contributed by atoms with Gasteiger partial charge in [-0.15, -0.1) is 0 Å². The second-order valence-electron chi connectivity index (χ2n) is 20.2. The van der Waals surface area contributed by atoms with Crippen LogP contribution in [0, 0.1) is 41.5 Å². The first-order chi connectivity index (χ1) is 37.2. The summed E-state index contributed by atoms with van der Waals surface area (Å²) in [6, 6.07) is 66.7. The van der Waals surface area contributed by atoms with E-state index < -0.39 is 11.7 Å². The van der Waals surface area contributed by atoms with E-state index in [1.807, 2.05) is 133 Å². The predicted molar refractivity (Wildman–Crippen MR) is 309 cm³/mol. The van der Waals surface area contributed by atoms with Crippen molar-refractivity contribution in [2.45, 2.75) is 47.7 Å². The molecule has 12 rings (SSSR count). The zero-order valence-corrected chi connectivity index (χ0v) is 43.5. The average Bonchev–Trinajstić information content (AvgIpc) is 3.98. The van der Waals surface area contributed by atoms with E-state index in [0.717, 1.165) is 88.6 Å². The molecule has 0 bridgehead atoms. The molecule has 0 aliphatic carbocycles. The molecule has 0 saturated heterocycles. The molecular formula is C69H52F3N5. The molecule has 0 unspecified atom stereocenters. The lowest BCUT2D eigenvalue weighted by molar-refractivity contribution is -0.137. The molecule has 0 spiro atoms. The van der Waals surface area contributed by atoms with Gasteiger partial charge in [-0.25, -0.2) is 19.9 Å². The lowest BCUT2D eigenvalue weighted by Crippen LogP contribution is -2.11. The van der Waals surface area contributed by atoms with Crippen LogP contribution in [0.1, 0.15) is 38.9 Å². The van der Waals surface area contributed by atoms with Crippen LogP contribution < -0.4 is 0 Å². The van der Waals surface area contributed by atoms with E-state index in [1.54, 1.807) is 0 Å². The highest BCUT2D eigenvalue weighted by Gasteiger charge is 2.35. The highest BCUT2D eigenvalue weighted by molar-refractivity contribution is 6.13. The van der Waals surface area contributed by atoms with Gasteiger partial charge in [0.15, 0.2) is 11.6 Å². The summed E-state index contributed by atoms with van der Waals surface area (Å²) in [5.41, 5.74) is 18.0. The van der Waals surface area contributed by atoms with E-state index in [4.69, 9.17) is 19.9 Å². The smallest absolute Gasteiger partial charge is 0.308 e. The number of hydrogen-bond donors (Lipinski definition) is 0. The van der Waals surface area contributed by atoms with Gasteiger partial charge in [0.25, 0.3) is 0 Å². The molecule has 0 atom stereocenters. The van der Waals surface area contributed by atoms with Crippen molar-refractivity contribution in [1.82, 2.24) is 24.5 Å². The zero-order chi connectivity index (χ0) is 53.1. The fourth-order valence-electron chi connectivity index (χ4n) is 11.4. The van der Waals surface area contributed by atoms with Crippen LogP contribution in [0.5, 0.6) is 0 Å². The zero-order valence-electron chi connectivity index (χ0n) is 43.5. The van der Waals surface area contributed by atoms with Crippen LogP contribution >= 0.6 is 0 Å². The summed E-state index contributed by atoms with van der Waals surface area (Å²) >= 11 is 0. The lowest BCUT2D eigenvalue weighted by Gasteiger charge is -2.21. The Labute approximate surface area is 446 Å². The Morgan fingerprint density at radius 2 is 0.649 bits per heavy atom. The van der Waals surface area contributed by atoms with Gasteiger partial charge in [0.05, 0.1) is 45.1 Å². The summed E-state index contributed by atoms with van der Waals surface area (Å²) in [6.07, 6.45) is -4.81. The highest BCUT2D eigenvalue weighted by atomic mass is 19.4. The minimum atomic E-state index is -4.81. The van der Waals surface area contributed by atoms with Crippen molar-refractivity contribution in [1.29, 1.82) is 0 Å². The number of aromatic nitrogens is 5. The third kappa shape index (κ3) is 9.16. The van der Waals surface area contributed by atoms with Crippen LogP contribution in [0.25, 0.3) is 118 Å². The Hall–Kier alpha value is -9.27. The first kappa shape index (κ1) is 48.7. The van der Waals surface area contributed by atoms with E-state index in [2.05, 4.69) is 107 Å². The van der Waals surface area contributed by atoms with Crippen LogP contribution in [0.3, 0.4) is 0 Å². The van der Waals surface area contributed by atoms with Crippen molar-refractivity contribution in [3.05, 3.63) is 245 Å². The maximum absolute atomic E-state index is 16.0. The van der Waals surface area contributed by atoms with Crippen LogP contribution in [0.2, 0.25) is 0 Å². The minimum Gasteiger partial charge on any atom is -0.308 e. The van der Waals surface area contributed by atoms with Crippen molar-refractivity contribution < 1.29 is 13.2 Å². The molecule has 77 heavy (non-hydrogen) atoms. The van der Waals surface area contributed by atoms with Gasteiger partial charge in [0.2, 0.25) is 0 Å². The number of hydrogen-bond acceptors (Lipinski definition) is 4. The van der Waals surface area contributed by atoms with Crippen molar-refractivity contribution in [2.75, 3.05) is 0 Å². The molecule has 0 N–H and O–H groups in total. The van der Waals surface area contributed by atoms with E-state index >= 15 is 13.2 Å². The van der Waals surface area contributed by atoms with Gasteiger partial charge >= 0.3 is 6.18 Å². The molecule has 3 heterocycles. The number of nitrogens with zero attached hydrogens (tertiary/aromatic N) is 5. The lowest BCUT2D eigenvalue weighted by atomic mass is 9.91. The number of alkyl halides is 3. The normalized spacial score (nSPS) is 11.7. The summed E-state index contributed by atoms with van der Waals surface area (Å²) in [6.45, 7) is 12.8. The van der Waals surface area contributed by atoms with Gasteiger partial charge in [-0.1, -0.05) is 169 Å². The number of fused-ring (bicyclic) bond motifs is 3. The number of benzene rings is 9. The quantitative estimate of drug-likeness (QED) is 0.145. The van der Waals surface area contributed by atoms with Crippen LogP contribution in [0.4, 0.5) is 13.2 Å². The average molecular weight is 1010 g/mol. The van der Waals surface area contributed by atoms with Gasteiger partial charge in [-0.2, -0.15) is 13.2 Å².